The van der Waals surface area contributed by atoms with E-state index in [0.29, 0.717) is 0 Å². The summed E-state index contributed by atoms with van der Waals surface area (Å²) in [6.45, 7) is 5.08. The summed E-state index contributed by atoms with van der Waals surface area (Å²) in [7, 11) is 1.43. The quantitative estimate of drug-likeness (QED) is 0.816. The first-order chi connectivity index (χ1) is 13.6. The van der Waals surface area contributed by atoms with E-state index in [1.807, 2.05) is 0 Å². The summed E-state index contributed by atoms with van der Waals surface area (Å²) >= 11 is 0. The highest BCUT2D eigenvalue weighted by atomic mass is 19.1. The van der Waals surface area contributed by atoms with Crippen molar-refractivity contribution >= 4 is 17.4 Å². The average molecular weight is 403 g/mol. The molecular formula is C20H23F2N5O2. The fraction of sp³-hybridized carbons (Fsp3) is 0.400. The normalized spacial score (nSPS) is 23.2. The molecule has 0 aliphatic carbocycles. The first-order valence-electron chi connectivity index (χ1n) is 9.04. The number of carbonyl (C=O) groups excluding carboxylic acids is 1. The number of hydrogen-bond donors (Lipinski definition) is 2. The second-order valence-electron chi connectivity index (χ2n) is 7.79. The third-order valence-electron chi connectivity index (χ3n) is 5.19. The predicted molar refractivity (Wildman–Crippen MR) is 105 cm³/mol. The number of aliphatic imine (C=N–C) groups is 1. The van der Waals surface area contributed by atoms with E-state index in [0.717, 1.165) is 6.07 Å². The van der Waals surface area contributed by atoms with Crippen LogP contribution in [-0.4, -0.2) is 35.0 Å². The Morgan fingerprint density at radius 2 is 2.00 bits per heavy atom. The number of ether oxygens (including phenoxy) is 1. The van der Waals surface area contributed by atoms with E-state index in [4.69, 9.17) is 10.5 Å². The molecule has 1 aromatic carbocycles. The number of anilines is 1. The van der Waals surface area contributed by atoms with Crippen LogP contribution in [0.25, 0.3) is 0 Å². The van der Waals surface area contributed by atoms with Gasteiger partial charge in [0.05, 0.1) is 19.5 Å². The van der Waals surface area contributed by atoms with Gasteiger partial charge in [-0.1, -0.05) is 13.8 Å². The van der Waals surface area contributed by atoms with Crippen molar-refractivity contribution in [1.82, 2.24) is 9.97 Å². The number of carbonyl (C=O) groups is 1. The molecule has 7 nitrogen and oxygen atoms in total. The number of halogens is 2. The third-order valence-corrected chi connectivity index (χ3v) is 5.19. The van der Waals surface area contributed by atoms with E-state index < -0.39 is 28.8 Å². The van der Waals surface area contributed by atoms with Gasteiger partial charge in [0.2, 0.25) is 5.88 Å². The smallest absolute Gasteiger partial charge is 0.275 e. The van der Waals surface area contributed by atoms with Crippen LogP contribution in [0.5, 0.6) is 5.88 Å². The first kappa shape index (κ1) is 20.6. The zero-order valence-corrected chi connectivity index (χ0v) is 16.7. The van der Waals surface area contributed by atoms with Gasteiger partial charge < -0.3 is 15.8 Å². The summed E-state index contributed by atoms with van der Waals surface area (Å²) in [6, 6.07) is 3.91. The zero-order valence-electron chi connectivity index (χ0n) is 16.7. The number of nitrogens with one attached hydrogen (secondary N) is 1. The van der Waals surface area contributed by atoms with Crippen LogP contribution in [0.3, 0.4) is 0 Å². The van der Waals surface area contributed by atoms with Crippen molar-refractivity contribution in [2.24, 2.45) is 16.1 Å². The van der Waals surface area contributed by atoms with Gasteiger partial charge in [0.15, 0.2) is 0 Å². The van der Waals surface area contributed by atoms with Crippen LogP contribution in [0.2, 0.25) is 0 Å². The van der Waals surface area contributed by atoms with E-state index in [-0.39, 0.29) is 35.1 Å². The Hall–Kier alpha value is -3.10. The molecule has 2 heterocycles. The van der Waals surface area contributed by atoms with Crippen LogP contribution in [-0.2, 0) is 5.54 Å². The minimum atomic E-state index is -1.50. The van der Waals surface area contributed by atoms with Gasteiger partial charge in [0, 0.05) is 16.7 Å². The number of hydrogen-bond acceptors (Lipinski definition) is 6. The molecule has 0 saturated carbocycles. The molecule has 0 bridgehead atoms. The monoisotopic (exact) mass is 403 g/mol. The Bertz CT molecular complexity index is 962. The standard InChI is InChI=1S/C20H23F2N5O2/c1-19(2)8-15(22)20(3,27-18(19)23)12-7-11(5-6-13(12)21)26-17(28)14-9-25-16(29-4)10-24-14/h5-7,9-10,15H,8H2,1-4H3,(H2,23,27)(H,26,28)/t15-,20+/m0/s1. The van der Waals surface area contributed by atoms with Crippen molar-refractivity contribution in [1.29, 1.82) is 0 Å². The molecule has 3 N–H and O–H groups in total. The molecule has 154 valence electrons. The highest BCUT2D eigenvalue weighted by molar-refractivity contribution is 6.02. The molecule has 2 aromatic rings. The van der Waals surface area contributed by atoms with Crippen LogP contribution >= 0.6 is 0 Å². The number of rotatable bonds is 4. The van der Waals surface area contributed by atoms with Gasteiger partial charge in [0.1, 0.15) is 29.1 Å². The topological polar surface area (TPSA) is 102 Å². The second kappa shape index (κ2) is 7.38. The van der Waals surface area contributed by atoms with E-state index in [9.17, 15) is 9.18 Å². The maximum atomic E-state index is 15.1. The molecule has 0 saturated heterocycles. The van der Waals surface area contributed by atoms with E-state index in [2.05, 4.69) is 20.3 Å². The average Bonchev–Trinajstić information content (AvgIpc) is 2.67. The van der Waals surface area contributed by atoms with E-state index in [1.54, 1.807) is 13.8 Å². The zero-order chi connectivity index (χ0) is 21.4. The molecule has 29 heavy (non-hydrogen) atoms. The summed E-state index contributed by atoms with van der Waals surface area (Å²) < 4.78 is 34.6. The molecule has 0 radical (unpaired) electrons. The number of amides is 1. The predicted octanol–water partition coefficient (Wildman–Crippen LogP) is 3.22. The van der Waals surface area contributed by atoms with Gasteiger partial charge in [-0.25, -0.2) is 18.7 Å². The fourth-order valence-corrected chi connectivity index (χ4v) is 3.18. The van der Waals surface area contributed by atoms with Gasteiger partial charge >= 0.3 is 0 Å². The lowest BCUT2D eigenvalue weighted by Crippen LogP contribution is -2.48. The first-order valence-corrected chi connectivity index (χ1v) is 9.04. The molecular weight excluding hydrogens is 380 g/mol. The number of aromatic nitrogens is 2. The number of benzene rings is 1. The molecule has 3 rings (SSSR count). The number of nitrogens with zero attached hydrogens (tertiary/aromatic N) is 3. The maximum Gasteiger partial charge on any atom is 0.275 e. The van der Waals surface area contributed by atoms with Gasteiger partial charge in [-0.3, -0.25) is 9.79 Å². The van der Waals surface area contributed by atoms with Crippen molar-refractivity contribution in [3.8, 4) is 5.88 Å². The van der Waals surface area contributed by atoms with Crippen LogP contribution in [0.4, 0.5) is 14.5 Å². The Morgan fingerprint density at radius 3 is 2.62 bits per heavy atom. The van der Waals surface area contributed by atoms with E-state index >= 15 is 4.39 Å². The van der Waals surface area contributed by atoms with Crippen molar-refractivity contribution in [3.05, 3.63) is 47.7 Å². The Kier molecular flexibility index (Phi) is 5.25. The number of nitrogens with two attached hydrogens (primary N) is 1. The lowest BCUT2D eigenvalue weighted by molar-refractivity contribution is 0.102. The Balaban J connectivity index is 1.92. The van der Waals surface area contributed by atoms with Gasteiger partial charge in [-0.15, -0.1) is 0 Å². The van der Waals surface area contributed by atoms with Crippen molar-refractivity contribution in [2.45, 2.75) is 38.9 Å². The fourth-order valence-electron chi connectivity index (χ4n) is 3.18. The molecule has 0 spiro atoms. The summed E-state index contributed by atoms with van der Waals surface area (Å²) in [5.74, 6) is -0.652. The maximum absolute atomic E-state index is 15.1. The largest absolute Gasteiger partial charge is 0.480 e. The SMILES string of the molecule is COc1cnc(C(=O)Nc2ccc(F)c([C@@]3(C)N=C(N)C(C)(C)C[C@@H]3F)c2)cn1. The third kappa shape index (κ3) is 3.90. The minimum Gasteiger partial charge on any atom is -0.480 e. The highest BCUT2D eigenvalue weighted by Gasteiger charge is 2.47. The summed E-state index contributed by atoms with van der Waals surface area (Å²) in [5.41, 5.74) is 4.25. The van der Waals surface area contributed by atoms with Gasteiger partial charge in [0.25, 0.3) is 5.91 Å². The summed E-state index contributed by atoms with van der Waals surface area (Å²) in [6.07, 6.45) is 1.22. The Morgan fingerprint density at radius 1 is 1.28 bits per heavy atom. The highest BCUT2D eigenvalue weighted by Crippen LogP contribution is 2.44. The van der Waals surface area contributed by atoms with E-state index in [1.165, 1.54) is 38.6 Å². The molecule has 1 aliphatic rings. The molecule has 1 aromatic heterocycles. The van der Waals surface area contributed by atoms with Crippen LogP contribution < -0.4 is 15.8 Å². The lowest BCUT2D eigenvalue weighted by Gasteiger charge is -2.41. The number of amidine groups is 1. The van der Waals surface area contributed by atoms with Crippen molar-refractivity contribution in [3.63, 3.8) is 0 Å². The van der Waals surface area contributed by atoms with Crippen LogP contribution in [0.15, 0.2) is 35.6 Å². The van der Waals surface area contributed by atoms with Crippen molar-refractivity contribution < 1.29 is 18.3 Å². The Labute approximate surface area is 167 Å². The second-order valence-corrected chi connectivity index (χ2v) is 7.79. The van der Waals surface area contributed by atoms with Gasteiger partial charge in [-0.2, -0.15) is 0 Å². The summed E-state index contributed by atoms with van der Waals surface area (Å²) in [4.78, 5) is 24.6. The molecule has 0 fully saturated rings. The summed E-state index contributed by atoms with van der Waals surface area (Å²) in [5, 5.41) is 2.61. The molecule has 0 unspecified atom stereocenters. The number of alkyl halides is 1. The minimum absolute atomic E-state index is 0.0158. The lowest BCUT2D eigenvalue weighted by atomic mass is 9.74. The molecule has 2 atom stereocenters. The van der Waals surface area contributed by atoms with Crippen LogP contribution in [0.1, 0.15) is 43.2 Å². The molecule has 9 heteroatoms. The molecule has 1 amide bonds. The number of methoxy groups -OCH3 is 1. The van der Waals surface area contributed by atoms with Gasteiger partial charge in [-0.05, 0) is 31.5 Å². The molecule has 1 aliphatic heterocycles. The van der Waals surface area contributed by atoms with Crippen molar-refractivity contribution in [2.75, 3.05) is 12.4 Å². The van der Waals surface area contributed by atoms with Crippen LogP contribution in [0, 0.1) is 11.2 Å².